The number of carbonyl (C=O) groups is 2. The predicted molar refractivity (Wildman–Crippen MR) is 129 cm³/mol. The van der Waals surface area contributed by atoms with Gasteiger partial charge in [-0.2, -0.15) is 0 Å². The first-order chi connectivity index (χ1) is 16.7. The van der Waals surface area contributed by atoms with Crippen LogP contribution in [0.3, 0.4) is 0 Å². The molecule has 2 N–H and O–H groups in total. The molecule has 0 saturated heterocycles. The first kappa shape index (κ1) is 31.4. The van der Waals surface area contributed by atoms with Gasteiger partial charge in [-0.15, -0.1) is 0 Å². The topological polar surface area (TPSA) is 163 Å². The summed E-state index contributed by atoms with van der Waals surface area (Å²) >= 11 is -2.37. The Hall–Kier alpha value is -1.58. The molecule has 0 radical (unpaired) electrons. The minimum absolute atomic E-state index is 0.0374. The maximum atomic E-state index is 12.8. The number of carbonyl (C=O) groups excluding carboxylic acids is 2. The predicted octanol–water partition coefficient (Wildman–Crippen LogP) is 0.383. The van der Waals surface area contributed by atoms with Gasteiger partial charge in [0.25, 0.3) is 0 Å². The van der Waals surface area contributed by atoms with Crippen LogP contribution in [0.5, 0.6) is 0 Å². The van der Waals surface area contributed by atoms with Crippen molar-refractivity contribution in [2.75, 3.05) is 76.7 Å². The van der Waals surface area contributed by atoms with E-state index >= 15 is 0 Å². The highest BCUT2D eigenvalue weighted by Crippen LogP contribution is 2.15. The van der Waals surface area contributed by atoms with Gasteiger partial charge in [-0.25, -0.2) is 12.6 Å². The summed E-state index contributed by atoms with van der Waals surface area (Å²) in [7, 11) is -3.75. The Kier molecular flexibility index (Phi) is 16.0. The van der Waals surface area contributed by atoms with E-state index in [-0.39, 0.29) is 50.1 Å². The molecule has 0 spiro atoms. The fraction of sp³-hybridized carbons (Fsp3) is 0.636. The van der Waals surface area contributed by atoms with Crippen molar-refractivity contribution in [3.05, 3.63) is 35.4 Å². The Labute approximate surface area is 208 Å². The first-order valence-corrected chi connectivity index (χ1v) is 14.1. The van der Waals surface area contributed by atoms with E-state index in [9.17, 15) is 26.8 Å². The molecule has 200 valence electrons. The molecule has 2 unspecified atom stereocenters. The van der Waals surface area contributed by atoms with Crippen molar-refractivity contribution in [1.29, 1.82) is 0 Å². The van der Waals surface area contributed by atoms with Gasteiger partial charge in [0.05, 0.1) is 82.6 Å². The second-order valence-corrected chi connectivity index (χ2v) is 10.7. The Morgan fingerprint density at radius 2 is 1.31 bits per heavy atom. The van der Waals surface area contributed by atoms with E-state index in [1.807, 2.05) is 0 Å². The van der Waals surface area contributed by atoms with Gasteiger partial charge in [0.2, 0.25) is 0 Å². The van der Waals surface area contributed by atoms with Crippen LogP contribution in [0, 0.1) is 5.92 Å². The molecule has 0 aliphatic heterocycles. The van der Waals surface area contributed by atoms with E-state index in [1.54, 1.807) is 0 Å². The van der Waals surface area contributed by atoms with E-state index in [2.05, 4.69) is 0 Å². The monoisotopic (exact) mass is 538 g/mol. The maximum absolute atomic E-state index is 12.8. The lowest BCUT2D eigenvalue weighted by molar-refractivity contribution is -0.00424. The minimum atomic E-state index is -3.75. The van der Waals surface area contributed by atoms with Crippen molar-refractivity contribution in [3.8, 4) is 0 Å². The highest BCUT2D eigenvalue weighted by Gasteiger charge is 2.28. The van der Waals surface area contributed by atoms with Crippen molar-refractivity contribution in [2.24, 2.45) is 5.92 Å². The average molecular weight is 539 g/mol. The van der Waals surface area contributed by atoms with E-state index in [4.69, 9.17) is 24.1 Å². The third-order valence-electron chi connectivity index (χ3n) is 4.64. The number of Topliss-reactive ketones (excluding diaryl/α,β-unsaturated/α-hetero) is 2. The third-order valence-corrected chi connectivity index (χ3v) is 7.02. The summed E-state index contributed by atoms with van der Waals surface area (Å²) in [5, 5.41) is 8.55. The van der Waals surface area contributed by atoms with Crippen LogP contribution in [0.15, 0.2) is 24.3 Å². The van der Waals surface area contributed by atoms with Gasteiger partial charge in [0, 0.05) is 11.1 Å². The number of ether oxygens (including phenoxy) is 4. The fourth-order valence-electron chi connectivity index (χ4n) is 2.88. The molecule has 1 aromatic rings. The summed E-state index contributed by atoms with van der Waals surface area (Å²) in [6, 6.07) is 5.70. The van der Waals surface area contributed by atoms with Gasteiger partial charge in [-0.05, 0) is 6.92 Å². The Morgan fingerprint density at radius 3 is 1.77 bits per heavy atom. The van der Waals surface area contributed by atoms with Crippen LogP contribution in [0.1, 0.15) is 27.6 Å². The van der Waals surface area contributed by atoms with Gasteiger partial charge in [-0.3, -0.25) is 9.59 Å². The number of aliphatic hydroxyl groups excluding tert-OH is 1. The molecule has 13 heteroatoms. The Morgan fingerprint density at radius 1 is 0.857 bits per heavy atom. The molecule has 1 rings (SSSR count). The fourth-order valence-corrected chi connectivity index (χ4v) is 5.06. The molecule has 0 saturated carbocycles. The van der Waals surface area contributed by atoms with Crippen molar-refractivity contribution in [3.63, 3.8) is 0 Å². The summed E-state index contributed by atoms with van der Waals surface area (Å²) in [6.07, 6.45) is 0. The second kappa shape index (κ2) is 17.8. The van der Waals surface area contributed by atoms with E-state index in [0.717, 1.165) is 0 Å². The van der Waals surface area contributed by atoms with Crippen molar-refractivity contribution >= 4 is 32.5 Å². The first-order valence-electron chi connectivity index (χ1n) is 11.0. The summed E-state index contributed by atoms with van der Waals surface area (Å²) < 4.78 is 66.4. The van der Waals surface area contributed by atoms with E-state index in [1.165, 1.54) is 31.2 Å². The smallest absolute Gasteiger partial charge is 0.167 e. The minimum Gasteiger partial charge on any atom is -0.394 e. The zero-order chi connectivity index (χ0) is 26.1. The largest absolute Gasteiger partial charge is 0.394 e. The lowest BCUT2D eigenvalue weighted by Gasteiger charge is -2.15. The molecule has 2 atom stereocenters. The van der Waals surface area contributed by atoms with Crippen molar-refractivity contribution < 1.29 is 50.8 Å². The number of aliphatic hydroxyl groups is 1. The number of hydrogen-bond donors (Lipinski definition) is 2. The number of ketones is 2. The average Bonchev–Trinajstić information content (AvgIpc) is 2.80. The van der Waals surface area contributed by atoms with Gasteiger partial charge >= 0.3 is 0 Å². The summed E-state index contributed by atoms with van der Waals surface area (Å²) in [5.41, 5.74) is 0.560. The zero-order valence-corrected chi connectivity index (χ0v) is 21.4. The van der Waals surface area contributed by atoms with Crippen LogP contribution in [-0.4, -0.2) is 111 Å². The van der Waals surface area contributed by atoms with E-state index < -0.39 is 44.1 Å². The Balaban J connectivity index is 2.37. The molecule has 11 nitrogen and oxygen atoms in total. The van der Waals surface area contributed by atoms with Crippen LogP contribution >= 0.6 is 0 Å². The van der Waals surface area contributed by atoms with E-state index in [0.29, 0.717) is 32.0 Å². The normalized spacial score (nSPS) is 13.5. The molecule has 0 fully saturated rings. The molecule has 0 aliphatic rings. The third kappa shape index (κ3) is 14.5. The summed E-state index contributed by atoms with van der Waals surface area (Å²) in [6.45, 7) is 3.36. The van der Waals surface area contributed by atoms with Crippen molar-refractivity contribution in [2.45, 2.75) is 6.92 Å². The summed E-state index contributed by atoms with van der Waals surface area (Å²) in [5.74, 6) is -3.43. The molecule has 0 heterocycles. The van der Waals surface area contributed by atoms with Gasteiger partial charge in [0.15, 0.2) is 32.5 Å². The number of sulfone groups is 1. The molecule has 1 aromatic carbocycles. The highest BCUT2D eigenvalue weighted by atomic mass is 32.2. The molecular formula is C22H34O11S2. The number of benzene rings is 1. The van der Waals surface area contributed by atoms with Gasteiger partial charge in [0.1, 0.15) is 0 Å². The SMILES string of the molecule is CC(=O)c1ccc(C(=O)C(CS(=O)O)CS(=O)(=O)CCOCCOCCOCCOCCO)cc1. The lowest BCUT2D eigenvalue weighted by atomic mass is 9.99. The van der Waals surface area contributed by atoms with Crippen LogP contribution in [-0.2, 0) is 39.9 Å². The molecule has 0 amide bonds. The quantitative estimate of drug-likeness (QED) is 0.126. The van der Waals surface area contributed by atoms with Crippen LogP contribution in [0.25, 0.3) is 0 Å². The molecule has 35 heavy (non-hydrogen) atoms. The second-order valence-electron chi connectivity index (χ2n) is 7.47. The standard InChI is InChI=1S/C22H34O11S2/c1-18(24)19-2-4-20(5-3-19)22(25)21(16-34(26)27)17-35(28,29)15-14-33-13-12-32-11-10-31-9-8-30-7-6-23/h2-5,21,23H,6-17H2,1H3,(H,26,27). The Bertz CT molecular complexity index is 885. The highest BCUT2D eigenvalue weighted by molar-refractivity contribution is 7.91. The lowest BCUT2D eigenvalue weighted by Crippen LogP contribution is -2.31. The molecule has 0 aliphatic carbocycles. The van der Waals surface area contributed by atoms with Gasteiger partial charge in [-0.1, -0.05) is 24.3 Å². The van der Waals surface area contributed by atoms with Crippen molar-refractivity contribution in [1.82, 2.24) is 0 Å². The summed E-state index contributed by atoms with van der Waals surface area (Å²) in [4.78, 5) is 24.1. The van der Waals surface area contributed by atoms with Crippen LogP contribution < -0.4 is 0 Å². The maximum Gasteiger partial charge on any atom is 0.167 e. The number of hydrogen-bond acceptors (Lipinski definition) is 10. The zero-order valence-electron chi connectivity index (χ0n) is 19.8. The van der Waals surface area contributed by atoms with Crippen LogP contribution in [0.4, 0.5) is 0 Å². The molecular weight excluding hydrogens is 504 g/mol. The van der Waals surface area contributed by atoms with Crippen LogP contribution in [0.2, 0.25) is 0 Å². The van der Waals surface area contributed by atoms with Gasteiger partial charge < -0.3 is 28.6 Å². The number of rotatable bonds is 21. The molecule has 0 bridgehead atoms. The molecule has 0 aromatic heterocycles.